The maximum atomic E-state index is 9.77. The van der Waals surface area contributed by atoms with E-state index in [0.717, 1.165) is 11.3 Å². The molecule has 70 valence electrons. The molecule has 0 bridgehead atoms. The fourth-order valence-electron chi connectivity index (χ4n) is 1.66. The van der Waals surface area contributed by atoms with Crippen molar-refractivity contribution in [2.24, 2.45) is 0 Å². The standard InChI is InChI=1S/C10H13NO2/c1-10(13)5-7-8(11-6-10)3-2-4-9(7)12/h2-4,11-13H,5-6H2,1H3. The number of benzene rings is 1. The number of phenolic OH excluding ortho intramolecular Hbond substituents is 1. The highest BCUT2D eigenvalue weighted by molar-refractivity contribution is 5.59. The second-order valence-corrected chi connectivity index (χ2v) is 3.83. The van der Waals surface area contributed by atoms with E-state index in [0.29, 0.717) is 13.0 Å². The lowest BCUT2D eigenvalue weighted by Gasteiger charge is -2.31. The number of hydrogen-bond acceptors (Lipinski definition) is 3. The van der Waals surface area contributed by atoms with Gasteiger partial charge in [0, 0.05) is 24.2 Å². The molecule has 1 aromatic carbocycles. The fourth-order valence-corrected chi connectivity index (χ4v) is 1.66. The highest BCUT2D eigenvalue weighted by Crippen LogP contribution is 2.32. The summed E-state index contributed by atoms with van der Waals surface area (Å²) in [6.07, 6.45) is 0.502. The third-order valence-corrected chi connectivity index (χ3v) is 2.37. The average Bonchev–Trinajstić information content (AvgIpc) is 2.06. The number of hydrogen-bond donors (Lipinski definition) is 3. The smallest absolute Gasteiger partial charge is 0.120 e. The van der Waals surface area contributed by atoms with E-state index in [-0.39, 0.29) is 5.75 Å². The maximum absolute atomic E-state index is 9.77. The lowest BCUT2D eigenvalue weighted by Crippen LogP contribution is -2.39. The molecule has 1 atom stereocenters. The molecular weight excluding hydrogens is 166 g/mol. The quantitative estimate of drug-likeness (QED) is 0.559. The Morgan fingerprint density at radius 3 is 3.00 bits per heavy atom. The van der Waals surface area contributed by atoms with Crippen LogP contribution in [0.4, 0.5) is 5.69 Å². The van der Waals surface area contributed by atoms with Crippen LogP contribution in [0.25, 0.3) is 0 Å². The normalized spacial score (nSPS) is 26.3. The molecule has 3 nitrogen and oxygen atoms in total. The van der Waals surface area contributed by atoms with Crippen molar-refractivity contribution in [2.45, 2.75) is 18.9 Å². The van der Waals surface area contributed by atoms with Gasteiger partial charge in [0.1, 0.15) is 5.75 Å². The van der Waals surface area contributed by atoms with Gasteiger partial charge in [-0.05, 0) is 19.1 Å². The largest absolute Gasteiger partial charge is 0.508 e. The molecule has 1 aromatic rings. The molecule has 3 N–H and O–H groups in total. The van der Waals surface area contributed by atoms with Crippen LogP contribution in [0, 0.1) is 0 Å². The molecule has 0 aromatic heterocycles. The summed E-state index contributed by atoms with van der Waals surface area (Å²) < 4.78 is 0. The van der Waals surface area contributed by atoms with Crippen LogP contribution in [0.1, 0.15) is 12.5 Å². The third-order valence-electron chi connectivity index (χ3n) is 2.37. The van der Waals surface area contributed by atoms with Crippen LogP contribution < -0.4 is 5.32 Å². The number of rotatable bonds is 0. The maximum Gasteiger partial charge on any atom is 0.120 e. The number of aliphatic hydroxyl groups is 1. The van der Waals surface area contributed by atoms with Gasteiger partial charge < -0.3 is 15.5 Å². The Bertz CT molecular complexity index is 334. The Morgan fingerprint density at radius 1 is 1.46 bits per heavy atom. The molecule has 0 amide bonds. The third kappa shape index (κ3) is 1.47. The van der Waals surface area contributed by atoms with Crippen molar-refractivity contribution < 1.29 is 10.2 Å². The summed E-state index contributed by atoms with van der Waals surface area (Å²) >= 11 is 0. The summed E-state index contributed by atoms with van der Waals surface area (Å²) in [6, 6.07) is 5.34. The van der Waals surface area contributed by atoms with Crippen LogP contribution in [0.5, 0.6) is 5.75 Å². The minimum Gasteiger partial charge on any atom is -0.508 e. The molecule has 0 spiro atoms. The minimum absolute atomic E-state index is 0.255. The van der Waals surface area contributed by atoms with Gasteiger partial charge in [-0.25, -0.2) is 0 Å². The summed E-state index contributed by atoms with van der Waals surface area (Å²) in [5.41, 5.74) is 0.969. The first-order valence-electron chi connectivity index (χ1n) is 4.36. The minimum atomic E-state index is -0.758. The van der Waals surface area contributed by atoms with Crippen molar-refractivity contribution in [3.05, 3.63) is 23.8 Å². The first kappa shape index (κ1) is 8.38. The van der Waals surface area contributed by atoms with Crippen molar-refractivity contribution in [2.75, 3.05) is 11.9 Å². The molecule has 0 saturated heterocycles. The van der Waals surface area contributed by atoms with Crippen molar-refractivity contribution >= 4 is 5.69 Å². The van der Waals surface area contributed by atoms with Gasteiger partial charge >= 0.3 is 0 Å². The number of β-amino-alcohol motifs (C(OH)–C–C–N with tert-alkyl or cyclic N) is 1. The van der Waals surface area contributed by atoms with Gasteiger partial charge in [-0.15, -0.1) is 0 Å². The van der Waals surface area contributed by atoms with E-state index in [1.165, 1.54) is 0 Å². The summed E-state index contributed by atoms with van der Waals surface area (Å²) in [5, 5.41) is 22.4. The van der Waals surface area contributed by atoms with Gasteiger partial charge in [0.05, 0.1) is 5.60 Å². The molecule has 2 rings (SSSR count). The zero-order valence-corrected chi connectivity index (χ0v) is 7.54. The molecule has 3 heteroatoms. The average molecular weight is 179 g/mol. The van der Waals surface area contributed by atoms with Gasteiger partial charge in [-0.2, -0.15) is 0 Å². The van der Waals surface area contributed by atoms with E-state index in [1.807, 2.05) is 6.07 Å². The van der Waals surface area contributed by atoms with Crippen LogP contribution in [-0.4, -0.2) is 22.4 Å². The molecular formula is C10H13NO2. The summed E-state index contributed by atoms with van der Waals surface area (Å²) in [7, 11) is 0. The van der Waals surface area contributed by atoms with Crippen molar-refractivity contribution in [1.29, 1.82) is 0 Å². The SMILES string of the molecule is CC1(O)CNc2cccc(O)c2C1. The predicted molar refractivity (Wildman–Crippen MR) is 50.9 cm³/mol. The van der Waals surface area contributed by atoms with E-state index in [1.54, 1.807) is 19.1 Å². The second-order valence-electron chi connectivity index (χ2n) is 3.83. The lowest BCUT2D eigenvalue weighted by molar-refractivity contribution is 0.0703. The second kappa shape index (κ2) is 2.64. The Morgan fingerprint density at radius 2 is 2.23 bits per heavy atom. The van der Waals surface area contributed by atoms with Gasteiger partial charge in [-0.1, -0.05) is 6.07 Å². The summed E-state index contributed by atoms with van der Waals surface area (Å²) in [4.78, 5) is 0. The topological polar surface area (TPSA) is 52.5 Å². The molecule has 0 radical (unpaired) electrons. The van der Waals surface area contributed by atoms with E-state index >= 15 is 0 Å². The first-order chi connectivity index (χ1) is 6.08. The van der Waals surface area contributed by atoms with Gasteiger partial charge in [0.2, 0.25) is 0 Å². The predicted octanol–water partition coefficient (Wildman–Crippen LogP) is 1.11. The monoisotopic (exact) mass is 179 g/mol. The Labute approximate surface area is 77.0 Å². The summed E-state index contributed by atoms with van der Waals surface area (Å²) in [6.45, 7) is 2.29. The molecule has 0 aliphatic carbocycles. The zero-order valence-electron chi connectivity index (χ0n) is 7.54. The fraction of sp³-hybridized carbons (Fsp3) is 0.400. The van der Waals surface area contributed by atoms with Gasteiger partial charge in [-0.3, -0.25) is 0 Å². The van der Waals surface area contributed by atoms with E-state index < -0.39 is 5.60 Å². The van der Waals surface area contributed by atoms with Crippen molar-refractivity contribution in [3.63, 3.8) is 0 Å². The Balaban J connectivity index is 2.44. The molecule has 0 fully saturated rings. The zero-order chi connectivity index (χ0) is 9.47. The number of nitrogens with one attached hydrogen (secondary N) is 1. The van der Waals surface area contributed by atoms with E-state index in [2.05, 4.69) is 5.32 Å². The number of aromatic hydroxyl groups is 1. The van der Waals surface area contributed by atoms with E-state index in [4.69, 9.17) is 0 Å². The van der Waals surface area contributed by atoms with E-state index in [9.17, 15) is 10.2 Å². The number of phenols is 1. The Kier molecular flexibility index (Phi) is 1.70. The van der Waals surface area contributed by atoms with Crippen molar-refractivity contribution in [1.82, 2.24) is 0 Å². The van der Waals surface area contributed by atoms with Crippen molar-refractivity contribution in [3.8, 4) is 5.75 Å². The lowest BCUT2D eigenvalue weighted by atomic mass is 9.91. The van der Waals surface area contributed by atoms with Crippen LogP contribution in [0.3, 0.4) is 0 Å². The number of anilines is 1. The molecule has 1 unspecified atom stereocenters. The highest BCUT2D eigenvalue weighted by atomic mass is 16.3. The molecule has 1 heterocycles. The first-order valence-corrected chi connectivity index (χ1v) is 4.36. The molecule has 1 aliphatic rings. The Hall–Kier alpha value is -1.22. The van der Waals surface area contributed by atoms with Crippen LogP contribution in [0.2, 0.25) is 0 Å². The highest BCUT2D eigenvalue weighted by Gasteiger charge is 2.28. The van der Waals surface area contributed by atoms with Gasteiger partial charge in [0.15, 0.2) is 0 Å². The van der Waals surface area contributed by atoms with Crippen LogP contribution in [0.15, 0.2) is 18.2 Å². The molecule has 13 heavy (non-hydrogen) atoms. The van der Waals surface area contributed by atoms with Gasteiger partial charge in [0.25, 0.3) is 0 Å². The number of fused-ring (bicyclic) bond motifs is 1. The van der Waals surface area contributed by atoms with Crippen LogP contribution >= 0.6 is 0 Å². The van der Waals surface area contributed by atoms with Crippen LogP contribution in [-0.2, 0) is 6.42 Å². The molecule has 0 saturated carbocycles. The summed E-state index contributed by atoms with van der Waals surface area (Å²) in [5.74, 6) is 0.255. The molecule has 1 aliphatic heterocycles.